The van der Waals surface area contributed by atoms with Crippen molar-refractivity contribution in [1.82, 2.24) is 5.32 Å². The highest BCUT2D eigenvalue weighted by Crippen LogP contribution is 2.44. The number of nitrogens with one attached hydrogen (secondary N) is 1. The summed E-state index contributed by atoms with van der Waals surface area (Å²) in [7, 11) is 0. The summed E-state index contributed by atoms with van der Waals surface area (Å²) in [5.41, 5.74) is 0.575. The second kappa shape index (κ2) is 2.64. The third kappa shape index (κ3) is 2.04. The highest BCUT2D eigenvalue weighted by Gasteiger charge is 2.36. The van der Waals surface area contributed by atoms with Gasteiger partial charge in [0, 0.05) is 6.54 Å². The molecule has 1 aliphatic rings. The lowest BCUT2D eigenvalue weighted by molar-refractivity contribution is 0.486. The molecule has 56 valence electrons. The van der Waals surface area contributed by atoms with E-state index in [0.717, 1.165) is 6.54 Å². The van der Waals surface area contributed by atoms with Gasteiger partial charge in [-0.1, -0.05) is 12.8 Å². The summed E-state index contributed by atoms with van der Waals surface area (Å²) in [5, 5.41) is 3.30. The fraction of sp³-hybridized carbons (Fsp3) is 0.778. The molecule has 1 aliphatic carbocycles. The van der Waals surface area contributed by atoms with E-state index in [9.17, 15) is 0 Å². The molecule has 10 heavy (non-hydrogen) atoms. The first-order valence-electron chi connectivity index (χ1n) is 3.86. The Morgan fingerprint density at radius 1 is 1.70 bits per heavy atom. The number of terminal acetylenes is 1. The molecule has 1 saturated carbocycles. The van der Waals surface area contributed by atoms with Crippen molar-refractivity contribution in [3.8, 4) is 12.3 Å². The van der Waals surface area contributed by atoms with Gasteiger partial charge in [-0.15, -0.1) is 6.42 Å². The lowest BCUT2D eigenvalue weighted by atomic mass is 10.1. The topological polar surface area (TPSA) is 12.0 Å². The fourth-order valence-corrected chi connectivity index (χ4v) is 0.849. The quantitative estimate of drug-likeness (QED) is 0.580. The lowest BCUT2D eigenvalue weighted by Crippen LogP contribution is -2.29. The van der Waals surface area contributed by atoms with Crippen molar-refractivity contribution in [3.05, 3.63) is 0 Å². The van der Waals surface area contributed by atoms with E-state index in [-0.39, 0.29) is 6.04 Å². The van der Waals surface area contributed by atoms with Crippen LogP contribution in [-0.4, -0.2) is 12.6 Å². The highest BCUT2D eigenvalue weighted by molar-refractivity contribution is 4.98. The molecule has 0 aromatic heterocycles. The van der Waals surface area contributed by atoms with Crippen molar-refractivity contribution in [3.63, 3.8) is 0 Å². The average Bonchev–Trinajstić information content (AvgIpc) is 2.64. The van der Waals surface area contributed by atoms with E-state index in [4.69, 9.17) is 6.42 Å². The molecule has 0 amide bonds. The van der Waals surface area contributed by atoms with Crippen molar-refractivity contribution in [2.24, 2.45) is 5.41 Å². The van der Waals surface area contributed by atoms with E-state index < -0.39 is 0 Å². The van der Waals surface area contributed by atoms with Crippen molar-refractivity contribution in [2.45, 2.75) is 32.7 Å². The summed E-state index contributed by atoms with van der Waals surface area (Å²) in [6, 6.07) is 0.234. The van der Waals surface area contributed by atoms with Gasteiger partial charge in [-0.25, -0.2) is 0 Å². The molecule has 1 unspecified atom stereocenters. The number of rotatable bonds is 3. The van der Waals surface area contributed by atoms with E-state index in [2.05, 4.69) is 18.2 Å². The van der Waals surface area contributed by atoms with Gasteiger partial charge in [0.2, 0.25) is 0 Å². The molecule has 0 aromatic rings. The molecular formula is C9H15N. The normalized spacial score (nSPS) is 23.3. The van der Waals surface area contributed by atoms with Gasteiger partial charge in [0.05, 0.1) is 6.04 Å². The molecule has 1 nitrogen and oxygen atoms in total. The van der Waals surface area contributed by atoms with Crippen LogP contribution in [0.15, 0.2) is 0 Å². The van der Waals surface area contributed by atoms with Crippen molar-refractivity contribution < 1.29 is 0 Å². The summed E-state index contributed by atoms with van der Waals surface area (Å²) in [4.78, 5) is 0. The predicted molar refractivity (Wildman–Crippen MR) is 43.6 cm³/mol. The van der Waals surface area contributed by atoms with Gasteiger partial charge in [0.25, 0.3) is 0 Å². The third-order valence-corrected chi connectivity index (χ3v) is 2.19. The largest absolute Gasteiger partial charge is 0.303 e. The SMILES string of the molecule is C#CC(C)NCC1(C)CC1. The molecule has 0 aliphatic heterocycles. The third-order valence-electron chi connectivity index (χ3n) is 2.19. The zero-order valence-corrected chi connectivity index (χ0v) is 6.78. The van der Waals surface area contributed by atoms with Crippen LogP contribution in [0.25, 0.3) is 0 Å². The Kier molecular flexibility index (Phi) is 2.01. The van der Waals surface area contributed by atoms with E-state index >= 15 is 0 Å². The molecule has 0 spiro atoms. The van der Waals surface area contributed by atoms with Gasteiger partial charge in [0.15, 0.2) is 0 Å². The summed E-state index contributed by atoms with van der Waals surface area (Å²) in [6.45, 7) is 5.40. The molecule has 1 N–H and O–H groups in total. The minimum absolute atomic E-state index is 0.234. The molecule has 1 atom stereocenters. The fourth-order valence-electron chi connectivity index (χ4n) is 0.849. The second-order valence-electron chi connectivity index (χ2n) is 3.58. The van der Waals surface area contributed by atoms with Crippen molar-refractivity contribution in [1.29, 1.82) is 0 Å². The minimum Gasteiger partial charge on any atom is -0.303 e. The Balaban J connectivity index is 2.12. The van der Waals surface area contributed by atoms with Crippen LogP contribution in [0.5, 0.6) is 0 Å². The molecule has 0 bridgehead atoms. The van der Waals surface area contributed by atoms with E-state index in [1.54, 1.807) is 0 Å². The van der Waals surface area contributed by atoms with E-state index in [1.807, 2.05) is 6.92 Å². The summed E-state index contributed by atoms with van der Waals surface area (Å²) in [6.07, 6.45) is 7.93. The Morgan fingerprint density at radius 3 is 2.70 bits per heavy atom. The molecular weight excluding hydrogens is 122 g/mol. The standard InChI is InChI=1S/C9H15N/c1-4-8(2)10-7-9(3)5-6-9/h1,8,10H,5-7H2,2-3H3. The van der Waals surface area contributed by atoms with Gasteiger partial charge >= 0.3 is 0 Å². The Hall–Kier alpha value is -0.480. The first kappa shape index (κ1) is 7.63. The molecule has 0 aromatic carbocycles. The Bertz CT molecular complexity index is 151. The molecule has 1 heteroatoms. The van der Waals surface area contributed by atoms with Crippen LogP contribution in [-0.2, 0) is 0 Å². The molecule has 1 rings (SSSR count). The second-order valence-corrected chi connectivity index (χ2v) is 3.58. The molecule has 1 fully saturated rings. The smallest absolute Gasteiger partial charge is 0.0658 e. The Morgan fingerprint density at radius 2 is 2.30 bits per heavy atom. The van der Waals surface area contributed by atoms with Crippen LogP contribution < -0.4 is 5.32 Å². The van der Waals surface area contributed by atoms with Crippen LogP contribution in [0, 0.1) is 17.8 Å². The maximum atomic E-state index is 5.21. The first-order valence-corrected chi connectivity index (χ1v) is 3.86. The maximum absolute atomic E-state index is 5.21. The molecule has 0 saturated heterocycles. The maximum Gasteiger partial charge on any atom is 0.0658 e. The summed E-state index contributed by atoms with van der Waals surface area (Å²) in [5.74, 6) is 2.65. The molecule has 0 radical (unpaired) electrons. The van der Waals surface area contributed by atoms with E-state index in [1.165, 1.54) is 12.8 Å². The van der Waals surface area contributed by atoms with Crippen molar-refractivity contribution in [2.75, 3.05) is 6.54 Å². The van der Waals surface area contributed by atoms with Gasteiger partial charge in [-0.2, -0.15) is 0 Å². The predicted octanol–water partition coefficient (Wildman–Crippen LogP) is 1.40. The van der Waals surface area contributed by atoms with Gasteiger partial charge in [-0.3, -0.25) is 0 Å². The van der Waals surface area contributed by atoms with Crippen LogP contribution in [0.1, 0.15) is 26.7 Å². The summed E-state index contributed by atoms with van der Waals surface area (Å²) >= 11 is 0. The van der Waals surface area contributed by atoms with Crippen LogP contribution in [0.2, 0.25) is 0 Å². The van der Waals surface area contributed by atoms with Crippen molar-refractivity contribution >= 4 is 0 Å². The van der Waals surface area contributed by atoms with Crippen LogP contribution in [0.3, 0.4) is 0 Å². The Labute approximate surface area is 63.2 Å². The molecule has 0 heterocycles. The van der Waals surface area contributed by atoms with Gasteiger partial charge in [0.1, 0.15) is 0 Å². The summed E-state index contributed by atoms with van der Waals surface area (Å²) < 4.78 is 0. The zero-order valence-electron chi connectivity index (χ0n) is 6.78. The highest BCUT2D eigenvalue weighted by atomic mass is 14.9. The monoisotopic (exact) mass is 137 g/mol. The minimum atomic E-state index is 0.234. The van der Waals surface area contributed by atoms with Crippen LogP contribution >= 0.6 is 0 Å². The van der Waals surface area contributed by atoms with Gasteiger partial charge < -0.3 is 5.32 Å². The van der Waals surface area contributed by atoms with E-state index in [0.29, 0.717) is 5.41 Å². The van der Waals surface area contributed by atoms with Crippen LogP contribution in [0.4, 0.5) is 0 Å². The van der Waals surface area contributed by atoms with Gasteiger partial charge in [-0.05, 0) is 25.2 Å². The number of hydrogen-bond donors (Lipinski definition) is 1. The lowest BCUT2D eigenvalue weighted by Gasteiger charge is -2.11. The average molecular weight is 137 g/mol. The number of hydrogen-bond acceptors (Lipinski definition) is 1. The zero-order chi connectivity index (χ0) is 7.61. The first-order chi connectivity index (χ1) is 4.66.